The fourth-order valence-electron chi connectivity index (χ4n) is 3.52. The Bertz CT molecular complexity index is 904. The molecule has 34 heavy (non-hydrogen) atoms. The molecule has 0 aliphatic carbocycles. The highest BCUT2D eigenvalue weighted by atomic mass is 32.1. The summed E-state index contributed by atoms with van der Waals surface area (Å²) in [7, 11) is 1.53. The molecule has 1 rings (SSSR count). The molecular weight excluding hydrogens is 458 g/mol. The first kappa shape index (κ1) is 24.8. The molecule has 10 nitrogen and oxygen atoms in total. The van der Waals surface area contributed by atoms with Gasteiger partial charge in [-0.25, -0.2) is 4.79 Å². The summed E-state index contributed by atoms with van der Waals surface area (Å²) < 4.78 is 21.9. The van der Waals surface area contributed by atoms with Crippen LogP contribution in [0.4, 0.5) is 4.79 Å². The highest BCUT2D eigenvalue weighted by molar-refractivity contribution is 7.81. The topological polar surface area (TPSA) is 128 Å². The number of carbonyl (C=O) groups excluding carboxylic acids is 5. The lowest BCUT2D eigenvalue weighted by molar-refractivity contribution is -0.134. The fraction of sp³-hybridized carbons (Fsp3) is 0.783. The van der Waals surface area contributed by atoms with Crippen LogP contribution in [0.3, 0.4) is 0 Å². The van der Waals surface area contributed by atoms with Gasteiger partial charge in [-0.1, -0.05) is 34.6 Å². The van der Waals surface area contributed by atoms with Crippen molar-refractivity contribution in [1.29, 1.82) is 0 Å². The average Bonchev–Trinajstić information content (AvgIpc) is 2.86. The van der Waals surface area contributed by atoms with Crippen molar-refractivity contribution in [3.8, 4) is 0 Å². The third-order valence-electron chi connectivity index (χ3n) is 5.93. The van der Waals surface area contributed by atoms with Crippen LogP contribution >= 0.6 is 12.6 Å². The van der Waals surface area contributed by atoms with Gasteiger partial charge in [-0.2, -0.15) is 12.6 Å². The predicted octanol–water partition coefficient (Wildman–Crippen LogP) is 1.16. The van der Waals surface area contributed by atoms with Crippen molar-refractivity contribution in [3.63, 3.8) is 0 Å². The maximum Gasteiger partial charge on any atom is 0.327 e. The minimum Gasteiger partial charge on any atom is -0.357 e. The monoisotopic (exact) mass is 502 g/mol. The summed E-state index contributed by atoms with van der Waals surface area (Å²) in [6.45, 7) is 9.27. The van der Waals surface area contributed by atoms with Crippen LogP contribution in [0.5, 0.6) is 0 Å². The molecule has 1 aliphatic rings. The molecule has 1 saturated heterocycles. The molecule has 0 radical (unpaired) electrons. The van der Waals surface area contributed by atoms with Gasteiger partial charge < -0.3 is 20.9 Å². The van der Waals surface area contributed by atoms with Crippen molar-refractivity contribution in [2.45, 2.75) is 84.2 Å². The van der Waals surface area contributed by atoms with Crippen molar-refractivity contribution >= 4 is 42.3 Å². The van der Waals surface area contributed by atoms with Crippen molar-refractivity contribution < 1.29 is 28.1 Å². The van der Waals surface area contributed by atoms with Crippen molar-refractivity contribution in [3.05, 3.63) is 0 Å². The number of hydrogen-bond acceptors (Lipinski definition) is 6. The Hall–Kier alpha value is -2.30. The third kappa shape index (κ3) is 7.10. The molecule has 0 aromatic rings. The van der Waals surface area contributed by atoms with Crippen LogP contribution in [0, 0.1) is 11.3 Å². The first-order valence-electron chi connectivity index (χ1n) is 12.8. The lowest BCUT2D eigenvalue weighted by atomic mass is 9.85. The highest BCUT2D eigenvalue weighted by Crippen LogP contribution is 2.26. The standard InChI is InChI=1S/C23H41N5O5S/c1-13(2)12-14(17(29)26-16(19(31)24-8)22(3,4)5)25-18(30)15(34)10-11-28-20(32)23(6,7)27(9)21(28)33/h13-16,34H,10-12H2,1-9H3,(H,24,31)(H,25,30)(H,26,29)/t14-,15-,16+/m0/s1/i8D3. The molecule has 6 amide bonds. The van der Waals surface area contributed by atoms with Crippen LogP contribution in [0.2, 0.25) is 0 Å². The van der Waals surface area contributed by atoms with E-state index < -0.39 is 59.0 Å². The summed E-state index contributed by atoms with van der Waals surface area (Å²) in [6.07, 6.45) is 0.315. The molecular formula is C23H41N5O5S. The number of amides is 6. The molecule has 3 N–H and O–H groups in total. The van der Waals surface area contributed by atoms with Gasteiger partial charge in [0.25, 0.3) is 5.91 Å². The molecule has 3 atom stereocenters. The van der Waals surface area contributed by atoms with E-state index in [0.29, 0.717) is 0 Å². The van der Waals surface area contributed by atoms with E-state index in [9.17, 15) is 24.0 Å². The Labute approximate surface area is 212 Å². The summed E-state index contributed by atoms with van der Waals surface area (Å²) in [5.41, 5.74) is -1.81. The highest BCUT2D eigenvalue weighted by Gasteiger charge is 2.49. The van der Waals surface area contributed by atoms with Gasteiger partial charge in [0.15, 0.2) is 0 Å². The van der Waals surface area contributed by atoms with E-state index in [1.165, 1.54) is 11.9 Å². The van der Waals surface area contributed by atoms with Gasteiger partial charge in [0.1, 0.15) is 17.6 Å². The Morgan fingerprint density at radius 2 is 1.68 bits per heavy atom. The van der Waals surface area contributed by atoms with Gasteiger partial charge in [-0.3, -0.25) is 24.1 Å². The molecule has 0 bridgehead atoms. The summed E-state index contributed by atoms with van der Waals surface area (Å²) in [4.78, 5) is 66.0. The summed E-state index contributed by atoms with van der Waals surface area (Å²) in [6, 6.07) is -2.66. The van der Waals surface area contributed by atoms with Gasteiger partial charge in [-0.15, -0.1) is 0 Å². The first-order chi connectivity index (χ1) is 16.6. The summed E-state index contributed by atoms with van der Waals surface area (Å²) in [5.74, 6) is -2.46. The zero-order valence-electron chi connectivity index (χ0n) is 24.3. The van der Waals surface area contributed by atoms with Gasteiger partial charge in [0, 0.05) is 24.7 Å². The molecule has 1 heterocycles. The van der Waals surface area contributed by atoms with E-state index in [1.807, 2.05) is 19.2 Å². The molecule has 0 unspecified atom stereocenters. The molecule has 0 spiro atoms. The van der Waals surface area contributed by atoms with Crippen LogP contribution in [0.15, 0.2) is 0 Å². The molecule has 194 valence electrons. The number of thiol groups is 1. The lowest BCUT2D eigenvalue weighted by Gasteiger charge is -2.32. The number of rotatable bonds is 10. The number of urea groups is 1. The van der Waals surface area contributed by atoms with E-state index >= 15 is 0 Å². The zero-order chi connectivity index (χ0) is 29.1. The van der Waals surface area contributed by atoms with Crippen LogP contribution in [-0.2, 0) is 19.2 Å². The molecule has 11 heteroatoms. The third-order valence-corrected chi connectivity index (χ3v) is 6.42. The van der Waals surface area contributed by atoms with E-state index in [1.54, 1.807) is 34.6 Å². The second-order valence-corrected chi connectivity index (χ2v) is 11.3. The van der Waals surface area contributed by atoms with E-state index in [2.05, 4.69) is 23.3 Å². The zero-order valence-corrected chi connectivity index (χ0v) is 22.2. The van der Waals surface area contributed by atoms with Gasteiger partial charge >= 0.3 is 6.03 Å². The second-order valence-electron chi connectivity index (χ2n) is 10.6. The van der Waals surface area contributed by atoms with Gasteiger partial charge in [-0.05, 0) is 38.0 Å². The van der Waals surface area contributed by atoms with Gasteiger partial charge in [0.2, 0.25) is 17.7 Å². The van der Waals surface area contributed by atoms with Crippen molar-refractivity contribution in [1.82, 2.24) is 25.8 Å². The SMILES string of the molecule is [2H]C([2H])([2H])NC(=O)[C@@H](NC(=O)[C@H](CC(C)C)NC(=O)[C@@H](S)CCN1C(=O)N(C)C(C)(C)C1=O)C(C)(C)C. The first-order valence-corrected chi connectivity index (χ1v) is 11.8. The minimum atomic E-state index is -2.72. The predicted molar refractivity (Wildman–Crippen MR) is 133 cm³/mol. The van der Waals surface area contributed by atoms with Crippen LogP contribution in [0.25, 0.3) is 0 Å². The van der Waals surface area contributed by atoms with Crippen LogP contribution in [0.1, 0.15) is 65.4 Å². The quantitative estimate of drug-likeness (QED) is 0.263. The summed E-state index contributed by atoms with van der Waals surface area (Å²) in [5, 5.41) is 6.22. The molecule has 0 aromatic heterocycles. The second kappa shape index (κ2) is 11.4. The number of carbonyl (C=O) groups is 5. The van der Waals surface area contributed by atoms with Crippen LogP contribution in [-0.4, -0.2) is 82.9 Å². The largest absolute Gasteiger partial charge is 0.357 e. The smallest absolute Gasteiger partial charge is 0.327 e. The molecule has 1 aliphatic heterocycles. The lowest BCUT2D eigenvalue weighted by Crippen LogP contribution is -2.58. The molecule has 0 aromatic carbocycles. The maximum atomic E-state index is 13.2. The number of nitrogens with one attached hydrogen (secondary N) is 3. The number of hydrogen-bond donors (Lipinski definition) is 4. The average molecular weight is 503 g/mol. The number of imide groups is 1. The van der Waals surface area contributed by atoms with Crippen LogP contribution < -0.4 is 16.0 Å². The van der Waals surface area contributed by atoms with E-state index in [4.69, 9.17) is 4.11 Å². The van der Waals surface area contributed by atoms with Crippen molar-refractivity contribution in [2.75, 3.05) is 20.6 Å². The molecule has 0 saturated carbocycles. The minimum absolute atomic E-state index is 0.00341. The summed E-state index contributed by atoms with van der Waals surface area (Å²) >= 11 is 4.32. The Balaban J connectivity index is 2.93. The fourth-order valence-corrected chi connectivity index (χ4v) is 3.71. The Kier molecular flexibility index (Phi) is 8.33. The number of nitrogens with zero attached hydrogens (tertiary/aromatic N) is 2. The maximum absolute atomic E-state index is 13.2. The Morgan fingerprint density at radius 3 is 2.12 bits per heavy atom. The number of likely N-dealkylation sites (N-methyl/N-ethyl adjacent to an activating group) is 2. The van der Waals surface area contributed by atoms with E-state index in [0.717, 1.165) is 4.90 Å². The molecule has 1 fully saturated rings. The van der Waals surface area contributed by atoms with E-state index in [-0.39, 0.29) is 31.2 Å². The van der Waals surface area contributed by atoms with Crippen molar-refractivity contribution in [2.24, 2.45) is 11.3 Å². The Morgan fingerprint density at radius 1 is 1.09 bits per heavy atom. The van der Waals surface area contributed by atoms with Gasteiger partial charge in [0.05, 0.1) is 5.25 Å². The normalized spacial score (nSPS) is 20.2.